The first-order chi connectivity index (χ1) is 22.1. The van der Waals surface area contributed by atoms with Crippen molar-refractivity contribution >= 4 is 40.9 Å². The van der Waals surface area contributed by atoms with Crippen LogP contribution in [0.2, 0.25) is 5.02 Å². The summed E-state index contributed by atoms with van der Waals surface area (Å²) >= 11 is 6.31. The number of phenolic OH excluding ortho intramolecular Hbond substituents is 1. The molecule has 46 heavy (non-hydrogen) atoms. The van der Waals surface area contributed by atoms with Gasteiger partial charge in [-0.15, -0.1) is 6.58 Å². The Morgan fingerprint density at radius 2 is 1.72 bits per heavy atom. The Balaban J connectivity index is 1.49. The summed E-state index contributed by atoms with van der Waals surface area (Å²) in [5, 5.41) is 13.2. The smallest absolute Gasteiger partial charge is 0.260 e. The zero-order valence-corrected chi connectivity index (χ0v) is 25.7. The van der Waals surface area contributed by atoms with Crippen LogP contribution in [0.1, 0.15) is 35.4 Å². The first-order valence-electron chi connectivity index (χ1n) is 15.2. The number of halogens is 2. The SMILES string of the molecule is C=CCc1cccc([C@H]2C3=CC[C@@H]4C(=O)N(C)C(=O)[C@@H]4[C@@H]3C[C@H]3C(=O)N(Nc4ccc(F)cc4)C(=O)[C@@]23c2ccc(Cl)cc2)c1O. The number of fused-ring (bicyclic) bond motifs is 4. The van der Waals surface area contributed by atoms with Gasteiger partial charge in [0.15, 0.2) is 0 Å². The second-order valence-electron chi connectivity index (χ2n) is 12.5. The van der Waals surface area contributed by atoms with Crippen LogP contribution in [-0.4, -0.2) is 45.7 Å². The summed E-state index contributed by atoms with van der Waals surface area (Å²) < 4.78 is 13.8. The van der Waals surface area contributed by atoms with Crippen molar-refractivity contribution in [1.29, 1.82) is 0 Å². The van der Waals surface area contributed by atoms with E-state index in [2.05, 4.69) is 12.0 Å². The van der Waals surface area contributed by atoms with Gasteiger partial charge in [0.25, 0.3) is 11.8 Å². The average molecular weight is 640 g/mol. The van der Waals surface area contributed by atoms with E-state index < -0.39 is 52.6 Å². The fraction of sp³-hybridized carbons (Fsp3) is 0.278. The number of rotatable bonds is 6. The number of imide groups is 2. The number of para-hydroxylation sites is 1. The maximum atomic E-state index is 15.1. The van der Waals surface area contributed by atoms with Gasteiger partial charge >= 0.3 is 0 Å². The van der Waals surface area contributed by atoms with E-state index >= 15 is 4.79 Å². The van der Waals surface area contributed by atoms with Crippen LogP contribution in [0.15, 0.2) is 91.0 Å². The summed E-state index contributed by atoms with van der Waals surface area (Å²) in [5.74, 6) is -5.85. The van der Waals surface area contributed by atoms with Crippen molar-refractivity contribution in [3.8, 4) is 5.75 Å². The number of likely N-dealkylation sites (tertiary alicyclic amines) is 1. The summed E-state index contributed by atoms with van der Waals surface area (Å²) in [4.78, 5) is 57.6. The van der Waals surface area contributed by atoms with Crippen LogP contribution in [-0.2, 0) is 31.0 Å². The number of aromatic hydroxyl groups is 1. The molecule has 6 atom stereocenters. The number of amides is 4. The summed E-state index contributed by atoms with van der Waals surface area (Å²) in [6.45, 7) is 3.82. The molecule has 0 spiro atoms. The monoisotopic (exact) mass is 639 g/mol. The molecule has 3 fully saturated rings. The zero-order valence-electron chi connectivity index (χ0n) is 25.0. The minimum atomic E-state index is -1.56. The molecule has 1 saturated carbocycles. The normalized spacial score (nSPS) is 28.5. The number of nitrogens with one attached hydrogen (secondary N) is 1. The van der Waals surface area contributed by atoms with E-state index in [0.29, 0.717) is 33.8 Å². The second-order valence-corrected chi connectivity index (χ2v) is 12.9. The second kappa shape index (κ2) is 10.9. The van der Waals surface area contributed by atoms with E-state index in [1.165, 1.54) is 31.3 Å². The van der Waals surface area contributed by atoms with Crippen LogP contribution in [0.25, 0.3) is 0 Å². The minimum absolute atomic E-state index is 0.0284. The van der Waals surface area contributed by atoms with Gasteiger partial charge in [0, 0.05) is 23.6 Å². The molecule has 4 amide bonds. The van der Waals surface area contributed by atoms with Gasteiger partial charge in [-0.2, -0.15) is 5.01 Å². The molecule has 234 valence electrons. The lowest BCUT2D eigenvalue weighted by Crippen LogP contribution is -2.53. The van der Waals surface area contributed by atoms with Crippen molar-refractivity contribution in [2.45, 2.75) is 30.6 Å². The Labute approximate surface area is 270 Å². The first-order valence-corrected chi connectivity index (χ1v) is 15.6. The fourth-order valence-electron chi connectivity index (χ4n) is 8.32. The van der Waals surface area contributed by atoms with E-state index in [4.69, 9.17) is 11.6 Å². The maximum Gasteiger partial charge on any atom is 0.260 e. The summed E-state index contributed by atoms with van der Waals surface area (Å²) in [6, 6.07) is 17.4. The molecule has 4 aliphatic rings. The molecular formula is C36H31ClFN3O5. The maximum absolute atomic E-state index is 15.1. The molecule has 0 aromatic heterocycles. The number of carbonyl (C=O) groups is 4. The molecule has 2 heterocycles. The van der Waals surface area contributed by atoms with Crippen molar-refractivity contribution in [1.82, 2.24) is 9.91 Å². The minimum Gasteiger partial charge on any atom is -0.507 e. The molecule has 8 nitrogen and oxygen atoms in total. The highest BCUT2D eigenvalue weighted by molar-refractivity contribution is 6.30. The van der Waals surface area contributed by atoms with Gasteiger partial charge < -0.3 is 5.11 Å². The molecule has 2 aliphatic heterocycles. The van der Waals surface area contributed by atoms with E-state index in [1.54, 1.807) is 48.5 Å². The Morgan fingerprint density at radius 3 is 2.41 bits per heavy atom. The molecule has 0 bridgehead atoms. The lowest BCUT2D eigenvalue weighted by molar-refractivity contribution is -0.140. The van der Waals surface area contributed by atoms with Crippen molar-refractivity contribution in [3.05, 3.63) is 119 Å². The molecule has 2 saturated heterocycles. The predicted molar refractivity (Wildman–Crippen MR) is 169 cm³/mol. The van der Waals surface area contributed by atoms with Crippen molar-refractivity contribution in [2.75, 3.05) is 12.5 Å². The topological polar surface area (TPSA) is 107 Å². The highest BCUT2D eigenvalue weighted by Crippen LogP contribution is 2.65. The van der Waals surface area contributed by atoms with Crippen molar-refractivity contribution < 1.29 is 28.7 Å². The van der Waals surface area contributed by atoms with Crippen LogP contribution >= 0.6 is 11.6 Å². The standard InChI is InChI=1S/C36H31ClFN3O5/c1-3-5-19-6-4-7-26(31(19)42)30-24-16-17-25-29(34(45)40(2)32(25)43)27(24)18-28-33(44)41(39-23-14-12-22(38)13-15-23)35(46)36(28,30)20-8-10-21(37)11-9-20/h3-4,6-16,25,27-30,39,42H,1,5,17-18H2,2H3/t25-,27+,28-,29-,30+,36+/m0/s1. The van der Waals surface area contributed by atoms with Crippen LogP contribution in [0.5, 0.6) is 5.75 Å². The molecule has 2 N–H and O–H groups in total. The average Bonchev–Trinajstić information content (AvgIpc) is 3.40. The largest absolute Gasteiger partial charge is 0.507 e. The van der Waals surface area contributed by atoms with Gasteiger partial charge in [-0.05, 0) is 72.7 Å². The number of benzene rings is 3. The van der Waals surface area contributed by atoms with Crippen LogP contribution in [0.3, 0.4) is 0 Å². The molecule has 0 unspecified atom stereocenters. The number of hydrogen-bond acceptors (Lipinski definition) is 6. The van der Waals surface area contributed by atoms with Gasteiger partial charge in [-0.25, -0.2) is 4.39 Å². The van der Waals surface area contributed by atoms with Crippen LogP contribution in [0, 0.1) is 29.5 Å². The molecular weight excluding hydrogens is 609 g/mol. The lowest BCUT2D eigenvalue weighted by atomic mass is 9.49. The van der Waals surface area contributed by atoms with Crippen LogP contribution < -0.4 is 5.43 Å². The van der Waals surface area contributed by atoms with Gasteiger partial charge in [0.05, 0.1) is 28.9 Å². The number of phenols is 1. The van der Waals surface area contributed by atoms with Gasteiger partial charge in [0.2, 0.25) is 11.8 Å². The van der Waals surface area contributed by atoms with E-state index in [9.17, 15) is 23.9 Å². The number of hydrazine groups is 1. The summed E-state index contributed by atoms with van der Waals surface area (Å²) in [7, 11) is 1.48. The third-order valence-corrected chi connectivity index (χ3v) is 10.6. The zero-order chi connectivity index (χ0) is 32.5. The van der Waals surface area contributed by atoms with Crippen molar-refractivity contribution in [3.63, 3.8) is 0 Å². The molecule has 2 aliphatic carbocycles. The fourth-order valence-corrected chi connectivity index (χ4v) is 8.45. The van der Waals surface area contributed by atoms with E-state index in [-0.39, 0.29) is 30.4 Å². The van der Waals surface area contributed by atoms with Gasteiger partial charge in [0.1, 0.15) is 11.6 Å². The molecule has 7 rings (SSSR count). The lowest BCUT2D eigenvalue weighted by Gasteiger charge is -2.50. The summed E-state index contributed by atoms with van der Waals surface area (Å²) in [6.07, 6.45) is 4.37. The number of nitrogens with zero attached hydrogens (tertiary/aromatic N) is 2. The Bertz CT molecular complexity index is 1840. The highest BCUT2D eigenvalue weighted by Gasteiger charge is 2.70. The third-order valence-electron chi connectivity index (χ3n) is 10.3. The first kappa shape index (κ1) is 29.9. The van der Waals surface area contributed by atoms with Gasteiger partial charge in [-0.1, -0.05) is 59.7 Å². The van der Waals surface area contributed by atoms with E-state index in [0.717, 1.165) is 15.5 Å². The van der Waals surface area contributed by atoms with Gasteiger partial charge in [-0.3, -0.25) is 29.5 Å². The number of anilines is 1. The molecule has 0 radical (unpaired) electrons. The molecule has 3 aromatic rings. The number of hydrogen-bond donors (Lipinski definition) is 2. The quantitative estimate of drug-likeness (QED) is 0.272. The number of allylic oxidation sites excluding steroid dienone is 3. The third kappa shape index (κ3) is 4.17. The Morgan fingerprint density at radius 1 is 1.00 bits per heavy atom. The Hall–Kier alpha value is -4.76. The number of carbonyl (C=O) groups excluding carboxylic acids is 4. The summed E-state index contributed by atoms with van der Waals surface area (Å²) in [5.41, 5.74) is 3.97. The van der Waals surface area contributed by atoms with E-state index in [1.807, 2.05) is 6.08 Å². The Kier molecular flexibility index (Phi) is 7.12. The highest BCUT2D eigenvalue weighted by atomic mass is 35.5. The molecule has 10 heteroatoms. The molecule has 3 aromatic carbocycles. The predicted octanol–water partition coefficient (Wildman–Crippen LogP) is 5.53. The van der Waals surface area contributed by atoms with Crippen LogP contribution in [0.4, 0.5) is 10.1 Å². The van der Waals surface area contributed by atoms with Crippen molar-refractivity contribution in [2.24, 2.45) is 23.7 Å².